The van der Waals surface area contributed by atoms with E-state index in [1.165, 1.54) is 12.0 Å². The monoisotopic (exact) mass is 269 g/mol. The molecule has 1 fully saturated rings. The molecule has 0 saturated carbocycles. The van der Waals surface area contributed by atoms with Crippen LogP contribution in [0.25, 0.3) is 0 Å². The molecule has 4 nitrogen and oxygen atoms in total. The Balaban J connectivity index is 2.09. The van der Waals surface area contributed by atoms with E-state index in [9.17, 15) is 18.4 Å². The molecule has 0 bridgehead atoms. The summed E-state index contributed by atoms with van der Waals surface area (Å²) < 4.78 is 31.1. The van der Waals surface area contributed by atoms with Gasteiger partial charge in [0.2, 0.25) is 5.91 Å². The van der Waals surface area contributed by atoms with Gasteiger partial charge in [-0.2, -0.15) is 0 Å². The number of carbonyl (C=O) groups is 2. The van der Waals surface area contributed by atoms with Crippen molar-refractivity contribution in [3.05, 3.63) is 35.4 Å². The van der Waals surface area contributed by atoms with Crippen LogP contribution in [0.3, 0.4) is 0 Å². The number of esters is 1. The summed E-state index contributed by atoms with van der Waals surface area (Å²) in [4.78, 5) is 24.4. The average molecular weight is 269 g/mol. The van der Waals surface area contributed by atoms with Gasteiger partial charge in [-0.3, -0.25) is 9.59 Å². The van der Waals surface area contributed by atoms with Crippen LogP contribution in [0, 0.1) is 17.6 Å². The predicted molar refractivity (Wildman–Crippen MR) is 61.9 cm³/mol. The van der Waals surface area contributed by atoms with Gasteiger partial charge in [0.15, 0.2) is 0 Å². The van der Waals surface area contributed by atoms with Crippen LogP contribution in [0.5, 0.6) is 0 Å². The summed E-state index contributed by atoms with van der Waals surface area (Å²) in [7, 11) is 1.25. The highest BCUT2D eigenvalue weighted by atomic mass is 19.1. The molecule has 1 amide bonds. The van der Waals surface area contributed by atoms with Gasteiger partial charge in [0.25, 0.3) is 0 Å². The number of hydrogen-bond donors (Lipinski definition) is 0. The molecule has 0 radical (unpaired) electrons. The largest absolute Gasteiger partial charge is 0.469 e. The van der Waals surface area contributed by atoms with Crippen LogP contribution in [0.4, 0.5) is 8.78 Å². The van der Waals surface area contributed by atoms with E-state index in [-0.39, 0.29) is 31.0 Å². The summed E-state index contributed by atoms with van der Waals surface area (Å²) in [6, 6.07) is 3.08. The van der Waals surface area contributed by atoms with E-state index in [4.69, 9.17) is 0 Å². The molecule has 19 heavy (non-hydrogen) atoms. The van der Waals surface area contributed by atoms with Gasteiger partial charge in [-0.15, -0.1) is 0 Å². The molecular weight excluding hydrogens is 256 g/mol. The van der Waals surface area contributed by atoms with E-state index in [0.29, 0.717) is 0 Å². The number of benzene rings is 1. The quantitative estimate of drug-likeness (QED) is 0.781. The minimum atomic E-state index is -0.573. The summed E-state index contributed by atoms with van der Waals surface area (Å²) in [6.45, 7) is 0.122. The zero-order valence-corrected chi connectivity index (χ0v) is 10.4. The molecule has 0 N–H and O–H groups in total. The normalized spacial score (nSPS) is 18.8. The topological polar surface area (TPSA) is 46.6 Å². The van der Waals surface area contributed by atoms with Crippen LogP contribution in [-0.2, 0) is 20.9 Å². The summed E-state index contributed by atoms with van der Waals surface area (Å²) in [5, 5.41) is 0. The van der Waals surface area contributed by atoms with Crippen LogP contribution in [0.2, 0.25) is 0 Å². The Kier molecular flexibility index (Phi) is 3.78. The number of halogens is 2. The number of amides is 1. The van der Waals surface area contributed by atoms with Crippen molar-refractivity contribution in [1.82, 2.24) is 4.90 Å². The smallest absolute Gasteiger partial charge is 0.310 e. The fraction of sp³-hybridized carbons (Fsp3) is 0.385. The van der Waals surface area contributed by atoms with E-state index in [0.717, 1.165) is 18.2 Å². The first kappa shape index (κ1) is 13.5. The summed E-state index contributed by atoms with van der Waals surface area (Å²) >= 11 is 0. The molecule has 1 aromatic carbocycles. The van der Waals surface area contributed by atoms with Crippen molar-refractivity contribution < 1.29 is 23.1 Å². The molecule has 1 aliphatic heterocycles. The first-order chi connectivity index (χ1) is 9.01. The SMILES string of the molecule is COC(=O)C1CC(=O)N(Cc2cc(F)ccc2F)C1. The second-order valence-corrected chi connectivity index (χ2v) is 4.43. The Morgan fingerprint density at radius 2 is 2.21 bits per heavy atom. The lowest BCUT2D eigenvalue weighted by molar-refractivity contribution is -0.145. The van der Waals surface area contributed by atoms with Gasteiger partial charge in [-0.25, -0.2) is 8.78 Å². The highest BCUT2D eigenvalue weighted by molar-refractivity contribution is 5.86. The van der Waals surface area contributed by atoms with Gasteiger partial charge in [0.05, 0.1) is 13.0 Å². The van der Waals surface area contributed by atoms with Crippen molar-refractivity contribution in [2.75, 3.05) is 13.7 Å². The van der Waals surface area contributed by atoms with E-state index in [1.54, 1.807) is 0 Å². The predicted octanol–water partition coefficient (Wildman–Crippen LogP) is 1.49. The molecule has 1 atom stereocenters. The summed E-state index contributed by atoms with van der Waals surface area (Å²) in [5.41, 5.74) is 0.0962. The third-order valence-electron chi connectivity index (χ3n) is 3.12. The zero-order valence-electron chi connectivity index (χ0n) is 10.4. The lowest BCUT2D eigenvalue weighted by Gasteiger charge is -2.16. The van der Waals surface area contributed by atoms with Gasteiger partial charge in [0, 0.05) is 25.1 Å². The van der Waals surface area contributed by atoms with Gasteiger partial charge < -0.3 is 9.64 Å². The maximum absolute atomic E-state index is 13.5. The second-order valence-electron chi connectivity index (χ2n) is 4.43. The van der Waals surface area contributed by atoms with Crippen molar-refractivity contribution >= 4 is 11.9 Å². The Hall–Kier alpha value is -1.98. The van der Waals surface area contributed by atoms with Crippen LogP contribution in [0.1, 0.15) is 12.0 Å². The molecule has 0 spiro atoms. The highest BCUT2D eigenvalue weighted by Gasteiger charge is 2.35. The third-order valence-corrected chi connectivity index (χ3v) is 3.12. The standard InChI is InChI=1S/C13H13F2NO3/c1-19-13(18)9-5-12(17)16(7-9)6-8-4-10(14)2-3-11(8)15/h2-4,9H,5-7H2,1H3. The van der Waals surface area contributed by atoms with E-state index in [2.05, 4.69) is 4.74 Å². The molecule has 6 heteroatoms. The van der Waals surface area contributed by atoms with Gasteiger partial charge in [0.1, 0.15) is 11.6 Å². The van der Waals surface area contributed by atoms with Crippen LogP contribution < -0.4 is 0 Å². The zero-order chi connectivity index (χ0) is 14.0. The van der Waals surface area contributed by atoms with Gasteiger partial charge in [-0.1, -0.05) is 0 Å². The van der Waals surface area contributed by atoms with Crippen molar-refractivity contribution in [1.29, 1.82) is 0 Å². The van der Waals surface area contributed by atoms with Crippen molar-refractivity contribution in [2.24, 2.45) is 5.92 Å². The molecule has 1 unspecified atom stereocenters. The fourth-order valence-corrected chi connectivity index (χ4v) is 2.12. The molecule has 102 valence electrons. The lowest BCUT2D eigenvalue weighted by atomic mass is 10.1. The summed E-state index contributed by atoms with van der Waals surface area (Å²) in [6.07, 6.45) is 0.0452. The molecule has 1 heterocycles. The Morgan fingerprint density at radius 3 is 2.89 bits per heavy atom. The van der Waals surface area contributed by atoms with Crippen molar-refractivity contribution in [2.45, 2.75) is 13.0 Å². The Labute approximate surface area is 109 Å². The van der Waals surface area contributed by atoms with Crippen LogP contribution in [0.15, 0.2) is 18.2 Å². The average Bonchev–Trinajstić information content (AvgIpc) is 2.74. The fourth-order valence-electron chi connectivity index (χ4n) is 2.12. The maximum Gasteiger partial charge on any atom is 0.310 e. The summed E-state index contributed by atoms with van der Waals surface area (Å²) in [5.74, 6) is -2.40. The van der Waals surface area contributed by atoms with E-state index < -0.39 is 23.5 Å². The number of likely N-dealkylation sites (tertiary alicyclic amines) is 1. The molecule has 1 aromatic rings. The number of hydrogen-bond acceptors (Lipinski definition) is 3. The number of methoxy groups -OCH3 is 1. The first-order valence-corrected chi connectivity index (χ1v) is 5.80. The number of nitrogens with zero attached hydrogens (tertiary/aromatic N) is 1. The maximum atomic E-state index is 13.5. The van der Waals surface area contributed by atoms with Gasteiger partial charge >= 0.3 is 5.97 Å². The first-order valence-electron chi connectivity index (χ1n) is 5.80. The van der Waals surface area contributed by atoms with E-state index >= 15 is 0 Å². The molecule has 2 rings (SSSR count). The Bertz CT molecular complexity index is 519. The highest BCUT2D eigenvalue weighted by Crippen LogP contribution is 2.22. The Morgan fingerprint density at radius 1 is 1.47 bits per heavy atom. The molecule has 0 aromatic heterocycles. The second kappa shape index (κ2) is 5.34. The molecule has 0 aliphatic carbocycles. The van der Waals surface area contributed by atoms with Crippen LogP contribution in [-0.4, -0.2) is 30.4 Å². The third kappa shape index (κ3) is 2.89. The minimum absolute atomic E-state index is 0.0452. The van der Waals surface area contributed by atoms with E-state index in [1.807, 2.05) is 0 Å². The number of ether oxygens (including phenoxy) is 1. The van der Waals surface area contributed by atoms with Gasteiger partial charge in [-0.05, 0) is 18.2 Å². The van der Waals surface area contributed by atoms with Crippen molar-refractivity contribution in [3.63, 3.8) is 0 Å². The molecule has 1 saturated heterocycles. The number of carbonyl (C=O) groups excluding carboxylic acids is 2. The number of rotatable bonds is 3. The van der Waals surface area contributed by atoms with Crippen LogP contribution >= 0.6 is 0 Å². The molecular formula is C13H13F2NO3. The minimum Gasteiger partial charge on any atom is -0.469 e. The lowest BCUT2D eigenvalue weighted by Crippen LogP contribution is -2.26. The van der Waals surface area contributed by atoms with Crippen molar-refractivity contribution in [3.8, 4) is 0 Å². The molecule has 1 aliphatic rings.